The fraction of sp³-hybridized carbons (Fsp3) is 0.259. The van der Waals surface area contributed by atoms with Crippen molar-refractivity contribution >= 4 is 215 Å². The molecule has 0 aliphatic carbocycles. The standard InChI is InChI=1S/2C30H32.2C26H24.C23H18/c1-17-11-19-13-20(29(3,4)5)15-25-22-10-9-18(2)23-14-21(30(6,7)8)16-26(28(22)23)24(12-17)27(19)25;1-17-11-19-13-20(29(3,4)5)15-25-26-16-21(30(6,7)8)14-23-18(2)9-10-22(28(23)26)24(12-17)27(19)25;1-15-11-17-13-18(26(3,4)5)14-23-20-8-6-7-19-16(2)9-10-21(25(19)20)22(12-15)24(17)23;1-15-11-17-13-18(26(3,4)5)14-23-21-10-9-16(2)19-7-6-8-20(25(19)21)22(12-15)24(17)23;1-13-11-20-15(3)8-9-18-17-6-4-5-16-14(2)7-10-19(22(16)17)21(12-13)23(18)20/h2*9-16H,1-8H3;2*6-14H,1-5H3;4-12H,1-3H3. The van der Waals surface area contributed by atoms with E-state index in [4.69, 9.17) is 0 Å². The maximum Gasteiger partial charge on any atom is -0.00235 e. The van der Waals surface area contributed by atoms with Crippen LogP contribution in [0.5, 0.6) is 0 Å². The van der Waals surface area contributed by atoms with Crippen LogP contribution in [0.25, 0.3) is 215 Å². The van der Waals surface area contributed by atoms with E-state index in [2.05, 4.69) is 462 Å². The van der Waals surface area contributed by atoms with Crippen molar-refractivity contribution in [2.75, 3.05) is 0 Å². The van der Waals surface area contributed by atoms with Gasteiger partial charge in [0.05, 0.1) is 0 Å². The molecule has 0 bridgehead atoms. The van der Waals surface area contributed by atoms with Gasteiger partial charge in [-0.1, -0.05) is 349 Å². The maximum absolute atomic E-state index is 2.47. The second kappa shape index (κ2) is 31.0. The minimum absolute atomic E-state index is 0.113. The number of rotatable bonds is 0. The highest BCUT2D eigenvalue weighted by molar-refractivity contribution is 6.39. The molecule has 0 saturated heterocycles. The van der Waals surface area contributed by atoms with E-state index < -0.39 is 0 Å². The Hall–Kier alpha value is -13.0. The number of hydrogen-bond acceptors (Lipinski definition) is 0. The highest BCUT2D eigenvalue weighted by Gasteiger charge is 2.29. The second-order valence-corrected chi connectivity index (χ2v) is 47.1. The first kappa shape index (κ1) is 88.6. The van der Waals surface area contributed by atoms with Crippen LogP contribution < -0.4 is 0 Å². The van der Waals surface area contributed by atoms with E-state index in [1.807, 2.05) is 0 Å². The SMILES string of the molecule is Cc1cc2c(C)ccc3c4cccc5c(C)ccc(c(c1)c23)c54.Cc1cc2cc(C(C)(C)C)cc3c4cc(C(C)(C)C)cc5c(C)ccc(c(c1)c23)c54.Cc1cc2cc(C(C)(C)C)cc3c4ccc(C)c5cc(C(C)(C)C)cc(c(c1)c23)c54.Cc1cc2cc(C(C)(C)C)cc3c4ccc(C)c5cccc(c(c1)c23)c54.Cc1cc2cc(C(C)(C)C)cc3c4cccc5c(C)ccc(c(c1)c23)c54. The lowest BCUT2D eigenvalue weighted by molar-refractivity contribution is 0.591. The molecule has 25 aromatic carbocycles. The van der Waals surface area contributed by atoms with Gasteiger partial charge in [0.25, 0.3) is 0 Å². The molecule has 0 spiro atoms. The van der Waals surface area contributed by atoms with Gasteiger partial charge in [-0.3, -0.25) is 0 Å². The van der Waals surface area contributed by atoms with Gasteiger partial charge in [0, 0.05) is 0 Å². The molecular weight excluding hydrogens is 1620 g/mol. The molecule has 0 N–H and O–H groups in total. The quantitative estimate of drug-likeness (QED) is 0.105. The van der Waals surface area contributed by atoms with Crippen LogP contribution in [-0.4, -0.2) is 0 Å². The van der Waals surface area contributed by atoms with E-state index in [-0.39, 0.29) is 32.5 Å². The fourth-order valence-electron chi connectivity index (χ4n) is 23.3. The first-order valence-corrected chi connectivity index (χ1v) is 49.4. The van der Waals surface area contributed by atoms with E-state index in [1.54, 1.807) is 0 Å². The summed E-state index contributed by atoms with van der Waals surface area (Å²) in [5, 5.41) is 55.7. The molecule has 0 unspecified atom stereocenters. The largest absolute Gasteiger partial charge is 0.0610 e. The average molecular weight is 1750 g/mol. The molecular formula is C135H130. The highest BCUT2D eigenvalue weighted by atomic mass is 14.3. The lowest BCUT2D eigenvalue weighted by Crippen LogP contribution is -2.12. The summed E-state index contributed by atoms with van der Waals surface area (Å²) in [4.78, 5) is 0. The van der Waals surface area contributed by atoms with E-state index >= 15 is 0 Å². The van der Waals surface area contributed by atoms with Crippen LogP contribution >= 0.6 is 0 Å². The first-order valence-electron chi connectivity index (χ1n) is 49.4. The molecule has 25 rings (SSSR count). The van der Waals surface area contributed by atoms with Gasteiger partial charge in [-0.2, -0.15) is 0 Å². The summed E-state index contributed by atoms with van der Waals surface area (Å²) >= 11 is 0. The normalized spacial score (nSPS) is 12.9. The molecule has 0 aromatic heterocycles. The second-order valence-electron chi connectivity index (χ2n) is 47.1. The summed E-state index contributed by atoms with van der Waals surface area (Å²) in [6, 6.07) is 101. The monoisotopic (exact) mass is 1750 g/mol. The van der Waals surface area contributed by atoms with Crippen molar-refractivity contribution in [3.05, 3.63) is 355 Å². The van der Waals surface area contributed by atoms with Crippen LogP contribution in [0.3, 0.4) is 0 Å². The van der Waals surface area contributed by atoms with Gasteiger partial charge in [0.1, 0.15) is 0 Å². The molecule has 0 aliphatic rings. The van der Waals surface area contributed by atoms with Crippen molar-refractivity contribution in [1.29, 1.82) is 0 Å². The van der Waals surface area contributed by atoms with Crippen LogP contribution in [0.4, 0.5) is 0 Å². The van der Waals surface area contributed by atoms with Crippen molar-refractivity contribution in [2.45, 2.75) is 233 Å². The third-order valence-corrected chi connectivity index (χ3v) is 30.8. The lowest BCUT2D eigenvalue weighted by atomic mass is 9.79. The molecule has 0 nitrogen and oxygen atoms in total. The Morgan fingerprint density at radius 1 is 0.119 bits per heavy atom. The molecule has 0 radical (unpaired) electrons. The Balaban J connectivity index is 0.000000101. The zero-order valence-electron chi connectivity index (χ0n) is 85.3. The molecule has 135 heavy (non-hydrogen) atoms. The summed E-state index contributed by atoms with van der Waals surface area (Å²) in [5.74, 6) is 0. The van der Waals surface area contributed by atoms with Gasteiger partial charge in [0.15, 0.2) is 0 Å². The molecule has 25 aromatic rings. The van der Waals surface area contributed by atoms with Gasteiger partial charge in [-0.05, 0) is 455 Å². The number of fused-ring (bicyclic) bond motifs is 10. The predicted octanol–water partition coefficient (Wildman–Crippen LogP) is 39.9. The smallest absolute Gasteiger partial charge is 0.00235 e. The van der Waals surface area contributed by atoms with E-state index in [1.165, 1.54) is 310 Å². The third kappa shape index (κ3) is 14.6. The van der Waals surface area contributed by atoms with E-state index in [9.17, 15) is 0 Å². The van der Waals surface area contributed by atoms with Gasteiger partial charge in [0.2, 0.25) is 0 Å². The summed E-state index contributed by atoms with van der Waals surface area (Å²) < 4.78 is 0. The topological polar surface area (TPSA) is 0 Å². The molecule has 0 amide bonds. The summed E-state index contributed by atoms with van der Waals surface area (Å²) in [6.45, 7) is 66.1. The van der Waals surface area contributed by atoms with Crippen molar-refractivity contribution in [2.24, 2.45) is 0 Å². The van der Waals surface area contributed by atoms with Gasteiger partial charge in [-0.25, -0.2) is 0 Å². The summed E-state index contributed by atoms with van der Waals surface area (Å²) in [7, 11) is 0. The first-order chi connectivity index (χ1) is 63.7. The zero-order valence-corrected chi connectivity index (χ0v) is 85.3. The molecule has 0 aliphatic heterocycles. The number of aryl methyl sites for hydroxylation is 11. The van der Waals surface area contributed by atoms with E-state index in [0.29, 0.717) is 0 Å². The fourth-order valence-corrected chi connectivity index (χ4v) is 23.3. The Bertz CT molecular complexity index is 9050. The van der Waals surface area contributed by atoms with Crippen LogP contribution in [0.2, 0.25) is 0 Å². The van der Waals surface area contributed by atoms with Crippen molar-refractivity contribution in [3.63, 3.8) is 0 Å². The zero-order chi connectivity index (χ0) is 95.3. The third-order valence-electron chi connectivity index (χ3n) is 30.8. The minimum Gasteiger partial charge on any atom is -0.0610 e. The maximum atomic E-state index is 2.47. The molecule has 0 atom stereocenters. The van der Waals surface area contributed by atoms with Gasteiger partial charge >= 0.3 is 0 Å². The average Bonchev–Trinajstić information content (AvgIpc) is 0.723. The molecule has 670 valence electrons. The summed E-state index contributed by atoms with van der Waals surface area (Å²) in [6.07, 6.45) is 0. The Morgan fingerprint density at radius 2 is 0.259 bits per heavy atom. The van der Waals surface area contributed by atoms with E-state index in [0.717, 1.165) is 0 Å². The molecule has 0 saturated carbocycles. The molecule has 0 heteroatoms. The number of hydrogen-bond donors (Lipinski definition) is 0. The van der Waals surface area contributed by atoms with Crippen LogP contribution in [-0.2, 0) is 32.5 Å². The number of benzene rings is 25. The Labute approximate surface area is 798 Å². The van der Waals surface area contributed by atoms with Gasteiger partial charge in [-0.15, -0.1) is 0 Å². The van der Waals surface area contributed by atoms with Crippen molar-refractivity contribution < 1.29 is 0 Å². The van der Waals surface area contributed by atoms with Crippen LogP contribution in [0.1, 0.15) is 219 Å². The molecule has 0 fully saturated rings. The Kier molecular flexibility index (Phi) is 20.4. The summed E-state index contributed by atoms with van der Waals surface area (Å²) in [5.41, 5.74) is 24.0. The van der Waals surface area contributed by atoms with Crippen molar-refractivity contribution in [3.8, 4) is 0 Å². The minimum atomic E-state index is 0.113. The molecule has 0 heterocycles. The predicted molar refractivity (Wildman–Crippen MR) is 603 cm³/mol. The van der Waals surface area contributed by atoms with Crippen LogP contribution in [0.15, 0.2) is 261 Å². The van der Waals surface area contributed by atoms with Crippen molar-refractivity contribution in [1.82, 2.24) is 0 Å². The highest BCUT2D eigenvalue weighted by Crippen LogP contribution is 2.52. The Morgan fingerprint density at radius 3 is 0.511 bits per heavy atom. The van der Waals surface area contributed by atoms with Crippen LogP contribution in [0, 0.1) is 76.2 Å². The van der Waals surface area contributed by atoms with Gasteiger partial charge < -0.3 is 0 Å². The lowest BCUT2D eigenvalue weighted by Gasteiger charge is -2.25.